The second kappa shape index (κ2) is 8.50. The molecular weight excluding hydrogens is 368 g/mol. The minimum absolute atomic E-state index is 0.258. The lowest BCUT2D eigenvalue weighted by atomic mass is 10.2. The number of carbonyl (C=O) groups is 1. The van der Waals surface area contributed by atoms with E-state index in [4.69, 9.17) is 16.3 Å². The van der Waals surface area contributed by atoms with Crippen LogP contribution in [0, 0.1) is 6.92 Å². The molecule has 0 spiro atoms. The number of benzene rings is 1. The minimum Gasteiger partial charge on any atom is -0.496 e. The predicted octanol–water partition coefficient (Wildman–Crippen LogP) is 2.47. The van der Waals surface area contributed by atoms with Crippen LogP contribution >= 0.6 is 11.6 Å². The van der Waals surface area contributed by atoms with Crippen LogP contribution in [0.2, 0.25) is 5.02 Å². The summed E-state index contributed by atoms with van der Waals surface area (Å²) < 4.78 is 6.84. The maximum atomic E-state index is 12.3. The summed E-state index contributed by atoms with van der Waals surface area (Å²) in [6.45, 7) is 2.80. The zero-order chi connectivity index (χ0) is 19.2. The number of nitrogens with one attached hydrogen (secondary N) is 2. The van der Waals surface area contributed by atoms with Gasteiger partial charge in [0.25, 0.3) is 5.91 Å². The molecule has 0 saturated carbocycles. The van der Waals surface area contributed by atoms with Crippen molar-refractivity contribution < 1.29 is 9.53 Å². The molecule has 9 heteroatoms. The summed E-state index contributed by atoms with van der Waals surface area (Å²) in [7, 11) is 1.51. The van der Waals surface area contributed by atoms with Crippen molar-refractivity contribution in [3.63, 3.8) is 0 Å². The molecule has 0 fully saturated rings. The van der Waals surface area contributed by atoms with Gasteiger partial charge in [-0.15, -0.1) is 10.2 Å². The first kappa shape index (κ1) is 18.7. The molecule has 1 aromatic carbocycles. The van der Waals surface area contributed by atoms with E-state index in [0.29, 0.717) is 41.1 Å². The summed E-state index contributed by atoms with van der Waals surface area (Å²) in [6.07, 6.45) is 1.83. The van der Waals surface area contributed by atoms with Crippen LogP contribution in [-0.2, 0) is 0 Å². The molecule has 0 aliphatic heterocycles. The molecule has 0 saturated heterocycles. The fourth-order valence-electron chi connectivity index (χ4n) is 2.40. The van der Waals surface area contributed by atoms with Crippen molar-refractivity contribution >= 4 is 23.3 Å². The van der Waals surface area contributed by atoms with Crippen LogP contribution < -0.4 is 15.4 Å². The zero-order valence-electron chi connectivity index (χ0n) is 14.9. The molecule has 1 amide bonds. The van der Waals surface area contributed by atoms with Crippen LogP contribution in [-0.4, -0.2) is 46.1 Å². The third-order valence-electron chi connectivity index (χ3n) is 3.73. The van der Waals surface area contributed by atoms with E-state index >= 15 is 0 Å². The van der Waals surface area contributed by atoms with E-state index in [1.54, 1.807) is 28.9 Å². The number of methoxy groups -OCH3 is 1. The fourth-order valence-corrected chi connectivity index (χ4v) is 2.58. The highest BCUT2D eigenvalue weighted by atomic mass is 35.5. The highest BCUT2D eigenvalue weighted by Crippen LogP contribution is 2.22. The SMILES string of the molecule is COc1ccc(Cl)cc1C(=O)NCCNc1ccc(-n2ccc(C)n2)nn1. The van der Waals surface area contributed by atoms with E-state index in [-0.39, 0.29) is 5.91 Å². The molecule has 0 radical (unpaired) electrons. The summed E-state index contributed by atoms with van der Waals surface area (Å²) in [4.78, 5) is 12.3. The lowest BCUT2D eigenvalue weighted by Crippen LogP contribution is -2.29. The monoisotopic (exact) mass is 386 g/mol. The Bertz CT molecular complexity index is 926. The van der Waals surface area contributed by atoms with E-state index in [1.165, 1.54) is 7.11 Å². The van der Waals surface area contributed by atoms with Crippen LogP contribution in [0.25, 0.3) is 5.82 Å². The first-order chi connectivity index (χ1) is 13.1. The smallest absolute Gasteiger partial charge is 0.255 e. The van der Waals surface area contributed by atoms with Crippen molar-refractivity contribution in [1.29, 1.82) is 0 Å². The van der Waals surface area contributed by atoms with E-state index < -0.39 is 0 Å². The van der Waals surface area contributed by atoms with Crippen LogP contribution in [0.1, 0.15) is 16.1 Å². The molecule has 0 bridgehead atoms. The standard InChI is InChI=1S/C18H19ClN6O2/c1-12-7-10-25(24-12)17-6-5-16(22-23-17)20-8-9-21-18(26)14-11-13(19)3-4-15(14)27-2/h3-7,10-11H,8-9H2,1-2H3,(H,20,22)(H,21,26). The van der Waals surface area contributed by atoms with E-state index in [9.17, 15) is 4.79 Å². The molecule has 8 nitrogen and oxygen atoms in total. The Morgan fingerprint density at radius 3 is 2.70 bits per heavy atom. The van der Waals surface area contributed by atoms with Crippen molar-refractivity contribution in [3.8, 4) is 11.6 Å². The minimum atomic E-state index is -0.258. The number of nitrogens with zero attached hydrogens (tertiary/aromatic N) is 4. The first-order valence-electron chi connectivity index (χ1n) is 8.29. The summed E-state index contributed by atoms with van der Waals surface area (Å²) >= 11 is 5.95. The Morgan fingerprint density at radius 1 is 1.19 bits per heavy atom. The number of aryl methyl sites for hydroxylation is 1. The topological polar surface area (TPSA) is 94.0 Å². The normalized spacial score (nSPS) is 10.5. The molecule has 3 aromatic rings. The van der Waals surface area contributed by atoms with Gasteiger partial charge < -0.3 is 15.4 Å². The van der Waals surface area contributed by atoms with E-state index in [2.05, 4.69) is 25.9 Å². The predicted molar refractivity (Wildman–Crippen MR) is 103 cm³/mol. The van der Waals surface area contributed by atoms with Crippen molar-refractivity contribution in [2.24, 2.45) is 0 Å². The Kier molecular flexibility index (Phi) is 5.87. The van der Waals surface area contributed by atoms with Gasteiger partial charge in [0.1, 0.15) is 11.6 Å². The van der Waals surface area contributed by atoms with Gasteiger partial charge in [-0.2, -0.15) is 5.10 Å². The van der Waals surface area contributed by atoms with Gasteiger partial charge in [-0.05, 0) is 43.3 Å². The number of ether oxygens (including phenoxy) is 1. The number of hydrogen-bond acceptors (Lipinski definition) is 6. The number of rotatable bonds is 7. The van der Waals surface area contributed by atoms with Gasteiger partial charge in [0.15, 0.2) is 5.82 Å². The second-order valence-electron chi connectivity index (χ2n) is 5.71. The van der Waals surface area contributed by atoms with Gasteiger partial charge in [-0.25, -0.2) is 4.68 Å². The highest BCUT2D eigenvalue weighted by Gasteiger charge is 2.12. The van der Waals surface area contributed by atoms with Crippen molar-refractivity contribution in [2.75, 3.05) is 25.5 Å². The molecule has 0 atom stereocenters. The number of carbonyl (C=O) groups excluding carboxylic acids is 1. The maximum Gasteiger partial charge on any atom is 0.255 e. The van der Waals surface area contributed by atoms with E-state index in [1.807, 2.05) is 25.3 Å². The van der Waals surface area contributed by atoms with Crippen molar-refractivity contribution in [2.45, 2.75) is 6.92 Å². The molecule has 0 aliphatic rings. The zero-order valence-corrected chi connectivity index (χ0v) is 15.7. The second-order valence-corrected chi connectivity index (χ2v) is 6.14. The van der Waals surface area contributed by atoms with Gasteiger partial charge in [0.05, 0.1) is 18.4 Å². The Morgan fingerprint density at radius 2 is 2.04 bits per heavy atom. The Hall–Kier alpha value is -3.13. The van der Waals surface area contributed by atoms with Gasteiger partial charge >= 0.3 is 0 Å². The summed E-state index contributed by atoms with van der Waals surface area (Å²) in [5, 5.41) is 18.9. The quantitative estimate of drug-likeness (QED) is 0.606. The van der Waals surface area contributed by atoms with E-state index in [0.717, 1.165) is 5.69 Å². The van der Waals surface area contributed by atoms with Crippen molar-refractivity contribution in [3.05, 3.63) is 58.9 Å². The summed E-state index contributed by atoms with van der Waals surface area (Å²) in [5.74, 6) is 1.46. The number of amides is 1. The number of aromatic nitrogens is 4. The number of anilines is 1. The molecule has 2 heterocycles. The average Bonchev–Trinajstić information content (AvgIpc) is 3.12. The number of hydrogen-bond donors (Lipinski definition) is 2. The summed E-state index contributed by atoms with van der Waals surface area (Å²) in [5.41, 5.74) is 1.30. The average molecular weight is 387 g/mol. The molecule has 27 heavy (non-hydrogen) atoms. The molecule has 2 aromatic heterocycles. The molecule has 2 N–H and O–H groups in total. The maximum absolute atomic E-state index is 12.3. The number of halogens is 1. The van der Waals surface area contributed by atoms with Crippen molar-refractivity contribution in [1.82, 2.24) is 25.3 Å². The lowest BCUT2D eigenvalue weighted by molar-refractivity contribution is 0.0952. The largest absolute Gasteiger partial charge is 0.496 e. The molecule has 140 valence electrons. The highest BCUT2D eigenvalue weighted by molar-refractivity contribution is 6.31. The molecular formula is C18H19ClN6O2. The molecule has 0 unspecified atom stereocenters. The van der Waals surface area contributed by atoms with Gasteiger partial charge in [-0.3, -0.25) is 4.79 Å². The Balaban J connectivity index is 1.50. The summed E-state index contributed by atoms with van der Waals surface area (Å²) in [6, 6.07) is 10.4. The van der Waals surface area contributed by atoms with Gasteiger partial charge in [0, 0.05) is 24.3 Å². The Labute approximate surface area is 161 Å². The van der Waals surface area contributed by atoms with Gasteiger partial charge in [0.2, 0.25) is 0 Å². The fraction of sp³-hybridized carbons (Fsp3) is 0.222. The van der Waals surface area contributed by atoms with Crippen LogP contribution in [0.15, 0.2) is 42.6 Å². The van der Waals surface area contributed by atoms with Crippen LogP contribution in [0.4, 0.5) is 5.82 Å². The van der Waals surface area contributed by atoms with Crippen LogP contribution in [0.3, 0.4) is 0 Å². The third kappa shape index (κ3) is 4.73. The lowest BCUT2D eigenvalue weighted by Gasteiger charge is -2.10. The first-order valence-corrected chi connectivity index (χ1v) is 8.66. The molecule has 3 rings (SSSR count). The third-order valence-corrected chi connectivity index (χ3v) is 3.97. The molecule has 0 aliphatic carbocycles. The van der Waals surface area contributed by atoms with Gasteiger partial charge in [-0.1, -0.05) is 11.6 Å². The van der Waals surface area contributed by atoms with Crippen LogP contribution in [0.5, 0.6) is 5.75 Å².